The second-order valence-electron chi connectivity index (χ2n) is 2.75. The zero-order valence-corrected chi connectivity index (χ0v) is 8.20. The fourth-order valence-electron chi connectivity index (χ4n) is 1.09. The number of nitrogens with two attached hydrogens (primary N) is 1. The number of anilines is 1. The molecular weight excluding hydrogens is 166 g/mol. The van der Waals surface area contributed by atoms with Crippen molar-refractivity contribution in [1.29, 1.82) is 0 Å². The number of guanidine groups is 1. The van der Waals surface area contributed by atoms with Crippen molar-refractivity contribution in [3.05, 3.63) is 11.9 Å². The third-order valence-electron chi connectivity index (χ3n) is 1.74. The lowest BCUT2D eigenvalue weighted by atomic mass is 10.3. The monoisotopic (exact) mass is 181 g/mol. The summed E-state index contributed by atoms with van der Waals surface area (Å²) in [5, 5.41) is 7.24. The van der Waals surface area contributed by atoms with Crippen LogP contribution >= 0.6 is 0 Å². The van der Waals surface area contributed by atoms with Crippen LogP contribution in [0.25, 0.3) is 0 Å². The van der Waals surface area contributed by atoms with Crippen LogP contribution in [0.15, 0.2) is 11.2 Å². The lowest BCUT2D eigenvalue weighted by molar-refractivity contribution is 0.746. The second-order valence-corrected chi connectivity index (χ2v) is 2.75. The number of nitrogens with one attached hydrogen (secondary N) is 1. The molecule has 1 aromatic rings. The topological polar surface area (TPSA) is 68.2 Å². The predicted octanol–water partition coefficient (Wildman–Crippen LogP) is 0.339. The zero-order chi connectivity index (χ0) is 9.84. The molecule has 0 amide bonds. The molecule has 0 spiro atoms. The Labute approximate surface area is 77.6 Å². The van der Waals surface area contributed by atoms with E-state index < -0.39 is 0 Å². The Morgan fingerprint density at radius 1 is 1.77 bits per heavy atom. The molecule has 0 aromatic carbocycles. The molecule has 0 saturated carbocycles. The first kappa shape index (κ1) is 9.57. The van der Waals surface area contributed by atoms with Gasteiger partial charge in [0.05, 0.1) is 11.4 Å². The first-order valence-electron chi connectivity index (χ1n) is 4.19. The van der Waals surface area contributed by atoms with Crippen molar-refractivity contribution >= 4 is 11.6 Å². The molecule has 0 unspecified atom stereocenters. The van der Waals surface area contributed by atoms with Crippen molar-refractivity contribution in [3.63, 3.8) is 0 Å². The minimum absolute atomic E-state index is 0.405. The second kappa shape index (κ2) is 3.93. The molecular formula is C8H15N5. The van der Waals surface area contributed by atoms with Crippen LogP contribution in [-0.2, 0) is 13.5 Å². The summed E-state index contributed by atoms with van der Waals surface area (Å²) in [6, 6.07) is 0. The number of aromatic nitrogens is 2. The maximum absolute atomic E-state index is 5.54. The molecule has 1 aromatic heterocycles. The summed E-state index contributed by atoms with van der Waals surface area (Å²) in [5.41, 5.74) is 7.46. The highest BCUT2D eigenvalue weighted by Gasteiger charge is 2.05. The van der Waals surface area contributed by atoms with Gasteiger partial charge in [0.15, 0.2) is 5.96 Å². The van der Waals surface area contributed by atoms with Crippen molar-refractivity contribution in [2.45, 2.75) is 13.3 Å². The van der Waals surface area contributed by atoms with E-state index in [0.717, 1.165) is 17.8 Å². The predicted molar refractivity (Wildman–Crippen MR) is 53.8 cm³/mol. The third-order valence-corrected chi connectivity index (χ3v) is 1.74. The van der Waals surface area contributed by atoms with Gasteiger partial charge in [-0.05, 0) is 6.42 Å². The van der Waals surface area contributed by atoms with Gasteiger partial charge in [-0.15, -0.1) is 0 Å². The van der Waals surface area contributed by atoms with Gasteiger partial charge < -0.3 is 11.1 Å². The van der Waals surface area contributed by atoms with Crippen LogP contribution in [0.3, 0.4) is 0 Å². The Kier molecular flexibility index (Phi) is 2.89. The molecule has 0 aliphatic rings. The molecule has 0 fully saturated rings. The summed E-state index contributed by atoms with van der Waals surface area (Å²) in [6.07, 6.45) is 2.76. The van der Waals surface area contributed by atoms with Gasteiger partial charge in [-0.1, -0.05) is 6.92 Å². The van der Waals surface area contributed by atoms with Gasteiger partial charge in [0.2, 0.25) is 0 Å². The fourth-order valence-corrected chi connectivity index (χ4v) is 1.09. The molecule has 0 radical (unpaired) electrons. The van der Waals surface area contributed by atoms with Crippen molar-refractivity contribution in [2.75, 3.05) is 12.4 Å². The van der Waals surface area contributed by atoms with Gasteiger partial charge in [0.25, 0.3) is 0 Å². The average molecular weight is 181 g/mol. The molecule has 1 heterocycles. The van der Waals surface area contributed by atoms with E-state index in [2.05, 4.69) is 15.4 Å². The highest BCUT2D eigenvalue weighted by Crippen LogP contribution is 2.12. The largest absolute Gasteiger partial charge is 0.370 e. The molecule has 72 valence electrons. The molecule has 0 saturated heterocycles. The molecule has 3 N–H and O–H groups in total. The Hall–Kier alpha value is -1.52. The van der Waals surface area contributed by atoms with E-state index in [1.165, 1.54) is 0 Å². The average Bonchev–Trinajstić information content (AvgIpc) is 2.46. The van der Waals surface area contributed by atoms with E-state index in [1.54, 1.807) is 11.7 Å². The van der Waals surface area contributed by atoms with Crippen LogP contribution in [0, 0.1) is 0 Å². The van der Waals surface area contributed by atoms with Gasteiger partial charge in [-0.2, -0.15) is 5.10 Å². The van der Waals surface area contributed by atoms with Crippen molar-refractivity contribution in [1.82, 2.24) is 9.78 Å². The van der Waals surface area contributed by atoms with E-state index >= 15 is 0 Å². The molecule has 1 rings (SSSR count). The lowest BCUT2D eigenvalue weighted by Crippen LogP contribution is -2.22. The Morgan fingerprint density at radius 2 is 2.46 bits per heavy atom. The van der Waals surface area contributed by atoms with E-state index in [1.807, 2.05) is 20.2 Å². The standard InChI is InChI=1S/C8H15N5/c1-4-6-7(5-13(3)12-6)11-8(9)10-2/h5H,4H2,1-3H3,(H3,9,10,11). The van der Waals surface area contributed by atoms with Gasteiger partial charge in [0, 0.05) is 20.3 Å². The SMILES string of the molecule is CCc1nn(C)cc1NC(N)=NC. The molecule has 13 heavy (non-hydrogen) atoms. The highest BCUT2D eigenvalue weighted by molar-refractivity contribution is 5.92. The lowest BCUT2D eigenvalue weighted by Gasteiger charge is -2.02. The van der Waals surface area contributed by atoms with Crippen LogP contribution in [0.5, 0.6) is 0 Å². The maximum Gasteiger partial charge on any atom is 0.192 e. The summed E-state index contributed by atoms with van der Waals surface area (Å²) in [4.78, 5) is 3.81. The number of hydrogen-bond acceptors (Lipinski definition) is 2. The van der Waals surface area contributed by atoms with Crippen LogP contribution in [-0.4, -0.2) is 22.8 Å². The quantitative estimate of drug-likeness (QED) is 0.510. The minimum atomic E-state index is 0.405. The van der Waals surface area contributed by atoms with E-state index in [-0.39, 0.29) is 0 Å². The minimum Gasteiger partial charge on any atom is -0.370 e. The van der Waals surface area contributed by atoms with E-state index in [9.17, 15) is 0 Å². The van der Waals surface area contributed by atoms with Crippen molar-refractivity contribution in [3.8, 4) is 0 Å². The number of nitrogens with zero attached hydrogens (tertiary/aromatic N) is 3. The summed E-state index contributed by atoms with van der Waals surface area (Å²) in [6.45, 7) is 2.05. The van der Waals surface area contributed by atoms with Crippen LogP contribution in [0.4, 0.5) is 5.69 Å². The Balaban J connectivity index is 2.86. The van der Waals surface area contributed by atoms with Crippen LogP contribution < -0.4 is 11.1 Å². The van der Waals surface area contributed by atoms with Crippen molar-refractivity contribution in [2.24, 2.45) is 17.8 Å². The number of hydrogen-bond donors (Lipinski definition) is 2. The number of aliphatic imine (C=N–C) groups is 1. The molecule has 0 aliphatic heterocycles. The molecule has 5 heteroatoms. The van der Waals surface area contributed by atoms with E-state index in [0.29, 0.717) is 5.96 Å². The third kappa shape index (κ3) is 2.21. The highest BCUT2D eigenvalue weighted by atomic mass is 15.3. The summed E-state index contributed by atoms with van der Waals surface area (Å²) >= 11 is 0. The van der Waals surface area contributed by atoms with Gasteiger partial charge in [0.1, 0.15) is 0 Å². The zero-order valence-electron chi connectivity index (χ0n) is 8.20. The molecule has 0 bridgehead atoms. The Morgan fingerprint density at radius 3 is 3.00 bits per heavy atom. The first-order valence-corrected chi connectivity index (χ1v) is 4.19. The first-order chi connectivity index (χ1) is 6.17. The van der Waals surface area contributed by atoms with Gasteiger partial charge in [-0.3, -0.25) is 9.67 Å². The molecule has 0 atom stereocenters. The van der Waals surface area contributed by atoms with Crippen LogP contribution in [0.2, 0.25) is 0 Å². The van der Waals surface area contributed by atoms with Crippen molar-refractivity contribution < 1.29 is 0 Å². The molecule has 5 nitrogen and oxygen atoms in total. The summed E-state index contributed by atoms with van der Waals surface area (Å²) in [7, 11) is 3.52. The number of rotatable bonds is 2. The maximum atomic E-state index is 5.54. The van der Waals surface area contributed by atoms with Crippen LogP contribution in [0.1, 0.15) is 12.6 Å². The smallest absolute Gasteiger partial charge is 0.192 e. The normalized spacial score (nSPS) is 11.8. The fraction of sp³-hybridized carbons (Fsp3) is 0.500. The number of aryl methyl sites for hydroxylation is 2. The Bertz CT molecular complexity index is 312. The molecule has 0 aliphatic carbocycles. The summed E-state index contributed by atoms with van der Waals surface area (Å²) in [5.74, 6) is 0.405. The summed E-state index contributed by atoms with van der Waals surface area (Å²) < 4.78 is 1.75. The van der Waals surface area contributed by atoms with Gasteiger partial charge >= 0.3 is 0 Å². The van der Waals surface area contributed by atoms with E-state index in [4.69, 9.17) is 5.73 Å². The van der Waals surface area contributed by atoms with Gasteiger partial charge in [-0.25, -0.2) is 0 Å².